The molecule has 0 aromatic rings. The Morgan fingerprint density at radius 1 is 1.75 bits per heavy atom. The van der Waals surface area contributed by atoms with Gasteiger partial charge in [-0.3, -0.25) is 0 Å². The molecule has 0 aliphatic rings. The minimum atomic E-state index is -3.32. The van der Waals surface area contributed by atoms with Crippen LogP contribution in [0.3, 0.4) is 0 Å². The van der Waals surface area contributed by atoms with Gasteiger partial charge in [-0.2, -0.15) is 0 Å². The van der Waals surface area contributed by atoms with Crippen LogP contribution >= 0.6 is 0 Å². The molecule has 0 bridgehead atoms. The zero-order valence-corrected chi connectivity index (χ0v) is 5.61. The average molecular weight is 136 g/mol. The van der Waals surface area contributed by atoms with Crippen LogP contribution in [0.1, 0.15) is 13.3 Å². The first-order valence-electron chi connectivity index (χ1n) is 2.29. The Kier molecular flexibility index (Phi) is 2.43. The molecule has 0 rings (SSSR count). The van der Waals surface area contributed by atoms with Crippen molar-refractivity contribution < 1.29 is 8.42 Å². The van der Waals surface area contributed by atoms with Crippen molar-refractivity contribution >= 4 is 10.0 Å². The molecule has 0 aliphatic carbocycles. The Labute approximate surface area is 49.9 Å². The molecular weight excluding hydrogens is 126 g/mol. The van der Waals surface area contributed by atoms with Crippen LogP contribution in [0.4, 0.5) is 0 Å². The second-order valence-electron chi connectivity index (χ2n) is 1.69. The SMILES string of the molecule is [CH2]CC(C)S(N)(=O)=O. The van der Waals surface area contributed by atoms with Crippen molar-refractivity contribution in [2.45, 2.75) is 18.6 Å². The van der Waals surface area contributed by atoms with Crippen molar-refractivity contribution in [2.75, 3.05) is 0 Å². The van der Waals surface area contributed by atoms with E-state index in [0.29, 0.717) is 6.42 Å². The van der Waals surface area contributed by atoms with E-state index in [1.165, 1.54) is 6.92 Å². The standard InChI is InChI=1S/C4H10NO2S/c1-3-4(2)8(5,6)7/h4H,1,3H2,2H3,(H2,5,6,7). The molecule has 0 saturated carbocycles. The highest BCUT2D eigenvalue weighted by Gasteiger charge is 2.11. The number of hydrogen-bond donors (Lipinski definition) is 1. The third kappa shape index (κ3) is 2.28. The second kappa shape index (κ2) is 2.46. The lowest BCUT2D eigenvalue weighted by Gasteiger charge is -2.01. The summed E-state index contributed by atoms with van der Waals surface area (Å²) in [5.74, 6) is 0. The van der Waals surface area contributed by atoms with Crippen molar-refractivity contribution in [3.8, 4) is 0 Å². The van der Waals surface area contributed by atoms with Gasteiger partial charge in [-0.1, -0.05) is 6.92 Å². The van der Waals surface area contributed by atoms with Crippen LogP contribution in [0.5, 0.6) is 0 Å². The monoisotopic (exact) mass is 136 g/mol. The highest BCUT2D eigenvalue weighted by atomic mass is 32.2. The van der Waals surface area contributed by atoms with Gasteiger partial charge in [-0.15, -0.1) is 0 Å². The predicted molar refractivity (Wildman–Crippen MR) is 32.5 cm³/mol. The maximum absolute atomic E-state index is 10.3. The molecule has 0 heterocycles. The van der Waals surface area contributed by atoms with Gasteiger partial charge in [0.25, 0.3) is 0 Å². The lowest BCUT2D eigenvalue weighted by atomic mass is 10.4. The van der Waals surface area contributed by atoms with E-state index in [2.05, 4.69) is 6.92 Å². The Bertz CT molecular complexity index is 149. The summed E-state index contributed by atoms with van der Waals surface area (Å²) in [5.41, 5.74) is 0. The molecule has 8 heavy (non-hydrogen) atoms. The molecule has 1 radical (unpaired) electrons. The van der Waals surface area contributed by atoms with Crippen LogP contribution in [0.15, 0.2) is 0 Å². The normalized spacial score (nSPS) is 15.9. The molecule has 0 amide bonds. The fourth-order valence-electron chi connectivity index (χ4n) is 0.164. The van der Waals surface area contributed by atoms with E-state index >= 15 is 0 Å². The van der Waals surface area contributed by atoms with Gasteiger partial charge in [-0.05, 0) is 13.3 Å². The fourth-order valence-corrected chi connectivity index (χ4v) is 0.493. The molecule has 0 fully saturated rings. The summed E-state index contributed by atoms with van der Waals surface area (Å²) in [6, 6.07) is 0. The van der Waals surface area contributed by atoms with Crippen molar-refractivity contribution in [1.29, 1.82) is 0 Å². The number of nitrogens with two attached hydrogens (primary N) is 1. The zero-order chi connectivity index (χ0) is 6.78. The van der Waals surface area contributed by atoms with Gasteiger partial charge in [0.2, 0.25) is 10.0 Å². The fraction of sp³-hybridized carbons (Fsp3) is 0.750. The summed E-state index contributed by atoms with van der Waals surface area (Å²) in [7, 11) is -3.32. The van der Waals surface area contributed by atoms with E-state index in [4.69, 9.17) is 5.14 Å². The number of primary sulfonamides is 1. The molecule has 2 N–H and O–H groups in total. The zero-order valence-electron chi connectivity index (χ0n) is 4.79. The maximum Gasteiger partial charge on any atom is 0.211 e. The lowest BCUT2D eigenvalue weighted by molar-refractivity contribution is 0.585. The maximum atomic E-state index is 10.3. The number of hydrogen-bond acceptors (Lipinski definition) is 2. The van der Waals surface area contributed by atoms with Crippen LogP contribution in [0, 0.1) is 6.92 Å². The molecule has 0 saturated heterocycles. The number of sulfonamides is 1. The van der Waals surface area contributed by atoms with Crippen LogP contribution in [-0.2, 0) is 10.0 Å². The van der Waals surface area contributed by atoms with Gasteiger partial charge in [0.15, 0.2) is 0 Å². The van der Waals surface area contributed by atoms with Crippen molar-refractivity contribution in [2.24, 2.45) is 5.14 Å². The summed E-state index contributed by atoms with van der Waals surface area (Å²) in [6.45, 7) is 4.92. The number of rotatable bonds is 2. The van der Waals surface area contributed by atoms with Crippen LogP contribution < -0.4 is 5.14 Å². The molecule has 1 unspecified atom stereocenters. The summed E-state index contributed by atoms with van der Waals surface area (Å²) < 4.78 is 20.6. The summed E-state index contributed by atoms with van der Waals surface area (Å²) >= 11 is 0. The van der Waals surface area contributed by atoms with E-state index in [9.17, 15) is 8.42 Å². The van der Waals surface area contributed by atoms with E-state index in [0.717, 1.165) is 0 Å². The van der Waals surface area contributed by atoms with Gasteiger partial charge in [0, 0.05) is 0 Å². The van der Waals surface area contributed by atoms with Crippen LogP contribution in [0.2, 0.25) is 0 Å². The lowest BCUT2D eigenvalue weighted by Crippen LogP contribution is -2.24. The van der Waals surface area contributed by atoms with Gasteiger partial charge < -0.3 is 0 Å². The average Bonchev–Trinajstić information content (AvgIpc) is 1.62. The molecular formula is C4H10NO2S. The molecule has 4 heteroatoms. The minimum absolute atomic E-state index is 0.332. The first-order valence-corrected chi connectivity index (χ1v) is 3.90. The summed E-state index contributed by atoms with van der Waals surface area (Å²) in [4.78, 5) is 0. The Morgan fingerprint density at radius 2 is 2.12 bits per heavy atom. The molecule has 0 aromatic carbocycles. The minimum Gasteiger partial charge on any atom is -0.228 e. The Balaban J connectivity index is 4.04. The topological polar surface area (TPSA) is 60.2 Å². The van der Waals surface area contributed by atoms with Gasteiger partial charge in [0.05, 0.1) is 5.25 Å². The van der Waals surface area contributed by atoms with E-state index in [1.807, 2.05) is 0 Å². The quantitative estimate of drug-likeness (QED) is 0.575. The summed E-state index contributed by atoms with van der Waals surface area (Å²) in [5, 5.41) is 4.21. The predicted octanol–water partition coefficient (Wildman–Crippen LogP) is -0.112. The first kappa shape index (κ1) is 7.91. The first-order chi connectivity index (χ1) is 3.48. The highest BCUT2D eigenvalue weighted by molar-refractivity contribution is 7.89. The molecule has 1 atom stereocenters. The molecule has 3 nitrogen and oxygen atoms in total. The van der Waals surface area contributed by atoms with Gasteiger partial charge >= 0.3 is 0 Å². The smallest absolute Gasteiger partial charge is 0.211 e. The Hall–Kier alpha value is -0.0900. The van der Waals surface area contributed by atoms with Gasteiger partial charge in [0.1, 0.15) is 0 Å². The van der Waals surface area contributed by atoms with E-state index < -0.39 is 15.3 Å². The largest absolute Gasteiger partial charge is 0.228 e. The molecule has 49 valence electrons. The van der Waals surface area contributed by atoms with Crippen molar-refractivity contribution in [3.05, 3.63) is 6.92 Å². The van der Waals surface area contributed by atoms with Crippen LogP contribution in [0.25, 0.3) is 0 Å². The molecule has 0 aliphatic heterocycles. The van der Waals surface area contributed by atoms with Crippen LogP contribution in [-0.4, -0.2) is 13.7 Å². The van der Waals surface area contributed by atoms with Gasteiger partial charge in [-0.25, -0.2) is 13.6 Å². The van der Waals surface area contributed by atoms with Crippen molar-refractivity contribution in [3.63, 3.8) is 0 Å². The second-order valence-corrected chi connectivity index (χ2v) is 3.67. The van der Waals surface area contributed by atoms with Crippen molar-refractivity contribution in [1.82, 2.24) is 0 Å². The third-order valence-electron chi connectivity index (χ3n) is 0.967. The van der Waals surface area contributed by atoms with E-state index in [-0.39, 0.29) is 0 Å². The summed E-state index contributed by atoms with van der Waals surface area (Å²) in [6.07, 6.45) is 0.332. The molecule has 0 spiro atoms. The third-order valence-corrected chi connectivity index (χ3v) is 2.32. The Morgan fingerprint density at radius 3 is 2.12 bits per heavy atom. The van der Waals surface area contributed by atoms with E-state index in [1.54, 1.807) is 0 Å². The highest BCUT2D eigenvalue weighted by Crippen LogP contribution is 1.96. The molecule has 0 aromatic heterocycles.